The van der Waals surface area contributed by atoms with Gasteiger partial charge in [0, 0.05) is 6.54 Å². The molecule has 160 valence electrons. The third-order valence-electron chi connectivity index (χ3n) is 5.62. The predicted octanol–water partition coefficient (Wildman–Crippen LogP) is 6.32. The maximum absolute atomic E-state index is 6.17. The molecule has 0 aliphatic heterocycles. The molecule has 4 nitrogen and oxygen atoms in total. The average molecular weight is 415 g/mol. The van der Waals surface area contributed by atoms with E-state index in [1.807, 2.05) is 6.07 Å². The van der Waals surface area contributed by atoms with Crippen LogP contribution < -0.4 is 9.47 Å². The summed E-state index contributed by atoms with van der Waals surface area (Å²) >= 11 is 0. The Labute approximate surface area is 184 Å². The number of nitrogens with zero attached hydrogens (tertiary/aromatic N) is 2. The Morgan fingerprint density at radius 1 is 0.806 bits per heavy atom. The van der Waals surface area contributed by atoms with Crippen molar-refractivity contribution in [3.05, 3.63) is 88.7 Å². The number of imidazole rings is 1. The quantitative estimate of drug-likeness (QED) is 0.317. The Kier molecular flexibility index (Phi) is 6.26. The summed E-state index contributed by atoms with van der Waals surface area (Å²) in [6.07, 6.45) is 0.893. The van der Waals surface area contributed by atoms with Crippen molar-refractivity contribution in [1.82, 2.24) is 9.55 Å². The van der Waals surface area contributed by atoms with Crippen LogP contribution in [0.5, 0.6) is 11.5 Å². The maximum atomic E-state index is 6.17. The van der Waals surface area contributed by atoms with Gasteiger partial charge in [-0.05, 0) is 74.6 Å². The molecule has 0 N–H and O–H groups in total. The van der Waals surface area contributed by atoms with Gasteiger partial charge in [-0.1, -0.05) is 42.5 Å². The molecule has 0 saturated heterocycles. The molecule has 1 aromatic heterocycles. The van der Waals surface area contributed by atoms with E-state index >= 15 is 0 Å². The maximum Gasteiger partial charge on any atom is 0.148 e. The summed E-state index contributed by atoms with van der Waals surface area (Å²) in [7, 11) is 0. The molecular weight excluding hydrogens is 384 g/mol. The van der Waals surface area contributed by atoms with Crippen molar-refractivity contribution >= 4 is 11.0 Å². The van der Waals surface area contributed by atoms with Crippen molar-refractivity contribution in [2.45, 2.75) is 47.3 Å². The van der Waals surface area contributed by atoms with Crippen LogP contribution in [-0.4, -0.2) is 16.2 Å². The summed E-state index contributed by atoms with van der Waals surface area (Å²) in [6, 6.07) is 20.8. The molecule has 0 bridgehead atoms. The summed E-state index contributed by atoms with van der Waals surface area (Å²) in [5, 5.41) is 0. The molecule has 3 aromatic carbocycles. The summed E-state index contributed by atoms with van der Waals surface area (Å²) in [6.45, 7) is 10.3. The monoisotopic (exact) mass is 414 g/mol. The Balaban J connectivity index is 1.48. The first-order chi connectivity index (χ1) is 15.0. The number of hydrogen-bond donors (Lipinski definition) is 0. The fraction of sp³-hybridized carbons (Fsp3) is 0.296. The third-order valence-corrected chi connectivity index (χ3v) is 5.62. The van der Waals surface area contributed by atoms with Gasteiger partial charge in [0.2, 0.25) is 0 Å². The third kappa shape index (κ3) is 4.74. The molecule has 31 heavy (non-hydrogen) atoms. The molecule has 0 spiro atoms. The van der Waals surface area contributed by atoms with Crippen molar-refractivity contribution in [3.8, 4) is 11.5 Å². The standard InChI is InChI=1S/C27H30N2O2/c1-19-13-14-20(2)25(17-19)31-18-26-28-23-11-5-6-12-24(23)29(26)15-8-16-30-27-21(3)9-7-10-22(27)4/h5-7,9-14,17H,8,15-16,18H2,1-4H3. The predicted molar refractivity (Wildman–Crippen MR) is 126 cm³/mol. The molecular formula is C27H30N2O2. The number of benzene rings is 3. The van der Waals surface area contributed by atoms with E-state index in [2.05, 4.69) is 86.9 Å². The van der Waals surface area contributed by atoms with Crippen LogP contribution in [0.25, 0.3) is 11.0 Å². The molecule has 0 radical (unpaired) electrons. The highest BCUT2D eigenvalue weighted by atomic mass is 16.5. The number of aromatic nitrogens is 2. The van der Waals surface area contributed by atoms with E-state index in [0.717, 1.165) is 46.9 Å². The lowest BCUT2D eigenvalue weighted by Crippen LogP contribution is -2.11. The fourth-order valence-corrected chi connectivity index (χ4v) is 3.91. The fourth-order valence-electron chi connectivity index (χ4n) is 3.91. The van der Waals surface area contributed by atoms with Crippen LogP contribution in [0.15, 0.2) is 60.7 Å². The molecule has 1 heterocycles. The minimum absolute atomic E-state index is 0.441. The summed E-state index contributed by atoms with van der Waals surface area (Å²) in [5.74, 6) is 2.85. The normalized spacial score (nSPS) is 11.1. The van der Waals surface area contributed by atoms with Crippen LogP contribution in [-0.2, 0) is 13.2 Å². The largest absolute Gasteiger partial charge is 0.493 e. The van der Waals surface area contributed by atoms with Crippen molar-refractivity contribution in [2.24, 2.45) is 0 Å². The van der Waals surface area contributed by atoms with E-state index in [1.54, 1.807) is 0 Å². The van der Waals surface area contributed by atoms with Gasteiger partial charge in [0.05, 0.1) is 17.6 Å². The van der Waals surface area contributed by atoms with E-state index in [9.17, 15) is 0 Å². The molecule has 4 heteroatoms. The zero-order valence-corrected chi connectivity index (χ0v) is 18.8. The summed E-state index contributed by atoms with van der Waals surface area (Å²) in [5.41, 5.74) is 6.81. The Morgan fingerprint density at radius 2 is 1.58 bits per heavy atom. The van der Waals surface area contributed by atoms with Crippen molar-refractivity contribution < 1.29 is 9.47 Å². The highest BCUT2D eigenvalue weighted by Crippen LogP contribution is 2.24. The second-order valence-electron chi connectivity index (χ2n) is 8.15. The highest BCUT2D eigenvalue weighted by molar-refractivity contribution is 5.75. The van der Waals surface area contributed by atoms with Gasteiger partial charge in [0.15, 0.2) is 0 Å². The average Bonchev–Trinajstić information content (AvgIpc) is 3.11. The van der Waals surface area contributed by atoms with Gasteiger partial charge in [0.25, 0.3) is 0 Å². The zero-order valence-electron chi connectivity index (χ0n) is 18.8. The molecule has 0 fully saturated rings. The van der Waals surface area contributed by atoms with Gasteiger partial charge >= 0.3 is 0 Å². The van der Waals surface area contributed by atoms with Gasteiger partial charge in [-0.15, -0.1) is 0 Å². The molecule has 4 aromatic rings. The summed E-state index contributed by atoms with van der Waals surface area (Å²) < 4.78 is 14.5. The molecule has 0 unspecified atom stereocenters. The van der Waals surface area contributed by atoms with E-state index < -0.39 is 0 Å². The molecule has 4 rings (SSSR count). The van der Waals surface area contributed by atoms with E-state index in [4.69, 9.17) is 14.5 Å². The highest BCUT2D eigenvalue weighted by Gasteiger charge is 2.12. The smallest absolute Gasteiger partial charge is 0.148 e. The molecule has 0 amide bonds. The van der Waals surface area contributed by atoms with E-state index in [0.29, 0.717) is 13.2 Å². The van der Waals surface area contributed by atoms with Crippen LogP contribution in [0.1, 0.15) is 34.5 Å². The lowest BCUT2D eigenvalue weighted by atomic mass is 10.1. The minimum atomic E-state index is 0.441. The number of rotatable bonds is 8. The van der Waals surface area contributed by atoms with E-state index in [-0.39, 0.29) is 0 Å². The van der Waals surface area contributed by atoms with Crippen molar-refractivity contribution in [3.63, 3.8) is 0 Å². The topological polar surface area (TPSA) is 36.3 Å². The Morgan fingerprint density at radius 3 is 2.39 bits per heavy atom. The first kappa shape index (κ1) is 21.0. The Hall–Kier alpha value is -3.27. The number of fused-ring (bicyclic) bond motifs is 1. The minimum Gasteiger partial charge on any atom is -0.493 e. The van der Waals surface area contributed by atoms with Gasteiger partial charge in [-0.3, -0.25) is 0 Å². The SMILES string of the molecule is Cc1ccc(C)c(OCc2nc3ccccc3n2CCCOc2c(C)cccc2C)c1. The van der Waals surface area contributed by atoms with Crippen LogP contribution >= 0.6 is 0 Å². The van der Waals surface area contributed by atoms with Crippen molar-refractivity contribution in [1.29, 1.82) is 0 Å². The van der Waals surface area contributed by atoms with E-state index in [1.165, 1.54) is 16.7 Å². The van der Waals surface area contributed by atoms with Crippen LogP contribution in [0.3, 0.4) is 0 Å². The van der Waals surface area contributed by atoms with Crippen LogP contribution in [0, 0.1) is 27.7 Å². The molecule has 0 saturated carbocycles. The number of para-hydroxylation sites is 3. The van der Waals surface area contributed by atoms with Gasteiger partial charge < -0.3 is 14.0 Å². The number of aryl methyl sites for hydroxylation is 5. The molecule has 0 aliphatic carbocycles. The summed E-state index contributed by atoms with van der Waals surface area (Å²) in [4.78, 5) is 4.84. The zero-order chi connectivity index (χ0) is 21.8. The van der Waals surface area contributed by atoms with Crippen molar-refractivity contribution in [2.75, 3.05) is 6.61 Å². The first-order valence-electron chi connectivity index (χ1n) is 10.9. The van der Waals surface area contributed by atoms with Crippen LogP contribution in [0.2, 0.25) is 0 Å². The van der Waals surface area contributed by atoms with Crippen LogP contribution in [0.4, 0.5) is 0 Å². The van der Waals surface area contributed by atoms with Gasteiger partial charge in [-0.2, -0.15) is 0 Å². The first-order valence-corrected chi connectivity index (χ1v) is 10.9. The second kappa shape index (κ2) is 9.25. The molecule has 0 atom stereocenters. The van der Waals surface area contributed by atoms with Gasteiger partial charge in [0.1, 0.15) is 23.9 Å². The lowest BCUT2D eigenvalue weighted by molar-refractivity contribution is 0.278. The molecule has 0 aliphatic rings. The second-order valence-corrected chi connectivity index (χ2v) is 8.15. The lowest BCUT2D eigenvalue weighted by Gasteiger charge is -2.14. The Bertz CT molecular complexity index is 1170. The number of hydrogen-bond acceptors (Lipinski definition) is 3. The number of ether oxygens (including phenoxy) is 2. The van der Waals surface area contributed by atoms with Gasteiger partial charge in [-0.25, -0.2) is 4.98 Å².